The van der Waals surface area contributed by atoms with Gasteiger partial charge in [0.1, 0.15) is 5.56 Å². The van der Waals surface area contributed by atoms with Crippen LogP contribution >= 0.6 is 0 Å². The lowest BCUT2D eigenvalue weighted by atomic mass is 10.0. The highest BCUT2D eigenvalue weighted by molar-refractivity contribution is 5.57. The molecule has 3 heteroatoms. The van der Waals surface area contributed by atoms with Crippen molar-refractivity contribution in [1.29, 1.82) is 0 Å². The van der Waals surface area contributed by atoms with Crippen LogP contribution < -0.4 is 4.90 Å². The zero-order valence-corrected chi connectivity index (χ0v) is 8.96. The summed E-state index contributed by atoms with van der Waals surface area (Å²) in [5.41, 5.74) is 3.96. The average Bonchev–Trinajstić information content (AvgIpc) is 2.10. The predicted octanol–water partition coefficient (Wildman–Crippen LogP) is 2.55. The molecule has 0 spiro atoms. The number of rotatable bonds is 1. The van der Waals surface area contributed by atoms with Crippen molar-refractivity contribution in [2.45, 2.75) is 13.8 Å². The van der Waals surface area contributed by atoms with E-state index < -0.39 is 0 Å². The molecule has 0 bridgehead atoms. The van der Waals surface area contributed by atoms with E-state index in [2.05, 4.69) is 11.1 Å². The number of aryl methyl sites for hydroxylation is 2. The van der Waals surface area contributed by atoms with Crippen molar-refractivity contribution in [3.05, 3.63) is 39.0 Å². The quantitative estimate of drug-likeness (QED) is 0.637. The van der Waals surface area contributed by atoms with E-state index in [0.29, 0.717) is 0 Å². The Morgan fingerprint density at radius 2 is 1.71 bits per heavy atom. The molecule has 1 aromatic carbocycles. The molecule has 1 aromatic rings. The topological polar surface area (TPSA) is 30.7 Å². The fourth-order valence-corrected chi connectivity index (χ4v) is 1.42. The maximum absolute atomic E-state index is 10.1. The molecule has 0 saturated heterocycles. The summed E-state index contributed by atoms with van der Waals surface area (Å²) >= 11 is 0. The number of hydrogen-bond acceptors (Lipinski definition) is 2. The van der Waals surface area contributed by atoms with Gasteiger partial charge in [0.15, 0.2) is 0 Å². The molecule has 0 atom stereocenters. The number of benzene rings is 1. The molecular weight excluding hydrogens is 176 g/mol. The minimum Gasteiger partial charge on any atom is -0.498 e. The lowest BCUT2D eigenvalue weighted by molar-refractivity contribution is 1.12. The summed E-state index contributed by atoms with van der Waals surface area (Å²) in [5, 5.41) is 12.8. The highest BCUT2D eigenvalue weighted by Gasteiger charge is 2.08. The molecule has 0 N–H and O–H groups in total. The van der Waals surface area contributed by atoms with Crippen LogP contribution in [0.1, 0.15) is 16.7 Å². The first-order valence-electron chi connectivity index (χ1n) is 4.43. The zero-order chi connectivity index (χ0) is 10.7. The van der Waals surface area contributed by atoms with Crippen LogP contribution in [0.5, 0.6) is 0 Å². The van der Waals surface area contributed by atoms with Gasteiger partial charge in [-0.15, -0.1) is 0 Å². The Hall–Kier alpha value is -1.69. The lowest BCUT2D eigenvalue weighted by Gasteiger charge is -2.14. The van der Waals surface area contributed by atoms with Crippen LogP contribution in [0.15, 0.2) is 12.1 Å². The summed E-state index contributed by atoms with van der Waals surface area (Å²) in [4.78, 5) is 2.03. The van der Waals surface area contributed by atoms with Crippen LogP contribution in [0.3, 0.4) is 0 Å². The molecule has 0 saturated carbocycles. The molecule has 0 aliphatic heterocycles. The van der Waals surface area contributed by atoms with E-state index in [9.17, 15) is 5.21 Å². The van der Waals surface area contributed by atoms with Gasteiger partial charge in [0.2, 0.25) is 0 Å². The van der Waals surface area contributed by atoms with Gasteiger partial charge in [-0.2, -0.15) is 0 Å². The summed E-state index contributed by atoms with van der Waals surface area (Å²) in [6.45, 7) is 3.90. The second kappa shape index (κ2) is 4.01. The van der Waals surface area contributed by atoms with Gasteiger partial charge in [0.05, 0.1) is 0 Å². The fourth-order valence-electron chi connectivity index (χ4n) is 1.42. The Kier molecular flexibility index (Phi) is 2.98. The van der Waals surface area contributed by atoms with Crippen LogP contribution in [-0.4, -0.2) is 14.1 Å². The molecule has 74 valence electrons. The van der Waals surface area contributed by atoms with E-state index in [-0.39, 0.29) is 0 Å². The van der Waals surface area contributed by atoms with Crippen LogP contribution in [0, 0.1) is 25.1 Å². The molecule has 0 aliphatic carbocycles. The highest BCUT2D eigenvalue weighted by atomic mass is 16.4. The van der Waals surface area contributed by atoms with Crippen molar-refractivity contribution < 1.29 is 0 Å². The third-order valence-electron chi connectivity index (χ3n) is 2.19. The lowest BCUT2D eigenvalue weighted by Crippen LogP contribution is -2.09. The molecule has 14 heavy (non-hydrogen) atoms. The van der Waals surface area contributed by atoms with Crippen LogP contribution in [0.4, 0.5) is 5.69 Å². The van der Waals surface area contributed by atoms with E-state index in [0.717, 1.165) is 22.4 Å². The molecule has 3 nitrogen and oxygen atoms in total. The van der Waals surface area contributed by atoms with Gasteiger partial charge < -0.3 is 10.1 Å². The molecule has 1 rings (SSSR count). The van der Waals surface area contributed by atoms with Gasteiger partial charge in [0, 0.05) is 24.8 Å². The largest absolute Gasteiger partial charge is 0.498 e. The van der Waals surface area contributed by atoms with Gasteiger partial charge in [-0.05, 0) is 37.1 Å². The van der Waals surface area contributed by atoms with E-state index in [1.807, 2.05) is 45.0 Å². The van der Waals surface area contributed by atoms with E-state index >= 15 is 0 Å². The minimum atomic E-state index is 0.797. The highest BCUT2D eigenvalue weighted by Crippen LogP contribution is 2.21. The van der Waals surface area contributed by atoms with Gasteiger partial charge in [-0.1, -0.05) is 0 Å². The average molecular weight is 190 g/mol. The first kappa shape index (κ1) is 10.4. The smallest absolute Gasteiger partial charge is 0.337 e. The molecule has 0 unspecified atom stereocenters. The summed E-state index contributed by atoms with van der Waals surface area (Å²) < 4.78 is 0. The molecule has 0 radical (unpaired) electrons. The number of anilines is 1. The summed E-state index contributed by atoms with van der Waals surface area (Å²) in [6, 6.07) is 6.49. The van der Waals surface area contributed by atoms with E-state index in [4.69, 9.17) is 0 Å². The maximum atomic E-state index is 10.1. The Balaban J connectivity index is 3.29. The van der Waals surface area contributed by atoms with Crippen LogP contribution in [0.2, 0.25) is 0 Å². The maximum Gasteiger partial charge on any atom is 0.337 e. The SMILES string of the molecule is Cc1cc(N(C)C)cc(C)c1C#[N+][O-]. The van der Waals surface area contributed by atoms with E-state index in [1.54, 1.807) is 0 Å². The minimum absolute atomic E-state index is 0.797. The number of hydrogen-bond donors (Lipinski definition) is 0. The summed E-state index contributed by atoms with van der Waals surface area (Å²) in [5.74, 6) is 0. The second-order valence-corrected chi connectivity index (χ2v) is 3.55. The van der Waals surface area contributed by atoms with Crippen LogP contribution in [-0.2, 0) is 0 Å². The van der Waals surface area contributed by atoms with Crippen molar-refractivity contribution in [1.82, 2.24) is 0 Å². The van der Waals surface area contributed by atoms with Crippen molar-refractivity contribution in [2.75, 3.05) is 19.0 Å². The van der Waals surface area contributed by atoms with Crippen molar-refractivity contribution in [2.24, 2.45) is 0 Å². The fraction of sp³-hybridized carbons (Fsp3) is 0.364. The Bertz CT molecular complexity index is 376. The molecular formula is C11H14N2O. The summed E-state index contributed by atoms with van der Waals surface area (Å²) in [6.07, 6.45) is 0. The van der Waals surface area contributed by atoms with Crippen LogP contribution in [0.25, 0.3) is 5.01 Å². The van der Waals surface area contributed by atoms with Gasteiger partial charge in [-0.25, -0.2) is 0 Å². The number of nitrogens with zero attached hydrogens (tertiary/aromatic N) is 2. The van der Waals surface area contributed by atoms with Crippen molar-refractivity contribution in [3.8, 4) is 6.07 Å². The van der Waals surface area contributed by atoms with Gasteiger partial charge in [0.25, 0.3) is 0 Å². The monoisotopic (exact) mass is 190 g/mol. The normalized spacial score (nSPS) is 9.14. The third kappa shape index (κ3) is 1.97. The van der Waals surface area contributed by atoms with E-state index in [1.165, 1.54) is 0 Å². The third-order valence-corrected chi connectivity index (χ3v) is 2.19. The zero-order valence-electron chi connectivity index (χ0n) is 8.96. The second-order valence-electron chi connectivity index (χ2n) is 3.55. The Morgan fingerprint density at radius 1 is 1.21 bits per heavy atom. The molecule has 0 aliphatic rings. The van der Waals surface area contributed by atoms with Gasteiger partial charge >= 0.3 is 6.07 Å². The molecule has 0 heterocycles. The Labute approximate surface area is 84.4 Å². The summed E-state index contributed by atoms with van der Waals surface area (Å²) in [7, 11) is 3.97. The molecule has 0 aromatic heterocycles. The Morgan fingerprint density at radius 3 is 2.07 bits per heavy atom. The molecule has 0 fully saturated rings. The van der Waals surface area contributed by atoms with Gasteiger partial charge in [-0.3, -0.25) is 0 Å². The first-order valence-corrected chi connectivity index (χ1v) is 4.43. The predicted molar refractivity (Wildman–Crippen MR) is 60.0 cm³/mol. The van der Waals surface area contributed by atoms with Crippen molar-refractivity contribution in [3.63, 3.8) is 0 Å². The first-order chi connectivity index (χ1) is 6.56. The van der Waals surface area contributed by atoms with Crippen molar-refractivity contribution >= 4 is 5.69 Å². The molecule has 0 amide bonds. The standard InChI is InChI=1S/C11H14N2O/c1-8-5-10(13(3)4)6-9(2)11(8)7-12-14/h5-6H,1-4H3.